The van der Waals surface area contributed by atoms with Gasteiger partial charge >= 0.3 is 0 Å². The maximum Gasteiger partial charge on any atom is 0.156 e. The number of benzene rings is 1. The van der Waals surface area contributed by atoms with Crippen LogP contribution in [0.1, 0.15) is 11.4 Å². The molecule has 4 nitrogen and oxygen atoms in total. The SMILES string of the molecule is Oc1ccc2nc(Cc3cccc(Cl)c3)nn2c1. The maximum atomic E-state index is 9.36. The van der Waals surface area contributed by atoms with Crippen LogP contribution >= 0.6 is 11.6 Å². The van der Waals surface area contributed by atoms with Crippen molar-refractivity contribution in [3.63, 3.8) is 0 Å². The number of pyridine rings is 1. The quantitative estimate of drug-likeness (QED) is 0.770. The van der Waals surface area contributed by atoms with Crippen LogP contribution < -0.4 is 0 Å². The van der Waals surface area contributed by atoms with Gasteiger partial charge in [0, 0.05) is 11.4 Å². The second kappa shape index (κ2) is 4.31. The third kappa shape index (κ3) is 2.15. The molecule has 0 bridgehead atoms. The predicted molar refractivity (Wildman–Crippen MR) is 68.9 cm³/mol. The Morgan fingerprint density at radius 3 is 2.94 bits per heavy atom. The molecule has 0 aliphatic carbocycles. The summed E-state index contributed by atoms with van der Waals surface area (Å²) in [6.07, 6.45) is 2.15. The van der Waals surface area contributed by atoms with E-state index in [9.17, 15) is 5.11 Å². The molecular weight excluding hydrogens is 250 g/mol. The largest absolute Gasteiger partial charge is 0.506 e. The topological polar surface area (TPSA) is 50.4 Å². The van der Waals surface area contributed by atoms with Crippen LogP contribution in [0.4, 0.5) is 0 Å². The highest BCUT2D eigenvalue weighted by molar-refractivity contribution is 6.30. The Balaban J connectivity index is 1.95. The molecule has 1 aromatic carbocycles. The summed E-state index contributed by atoms with van der Waals surface area (Å²) in [5, 5.41) is 14.4. The van der Waals surface area contributed by atoms with Gasteiger partial charge in [0.15, 0.2) is 11.5 Å². The van der Waals surface area contributed by atoms with Crippen molar-refractivity contribution >= 4 is 17.2 Å². The van der Waals surface area contributed by atoms with Gasteiger partial charge in [-0.1, -0.05) is 23.7 Å². The van der Waals surface area contributed by atoms with Gasteiger partial charge in [0.1, 0.15) is 5.75 Å². The summed E-state index contributed by atoms with van der Waals surface area (Å²) in [6, 6.07) is 10.9. The molecule has 0 unspecified atom stereocenters. The maximum absolute atomic E-state index is 9.36. The molecule has 0 spiro atoms. The van der Waals surface area contributed by atoms with Crippen molar-refractivity contribution in [2.75, 3.05) is 0 Å². The highest BCUT2D eigenvalue weighted by Gasteiger charge is 2.05. The smallest absolute Gasteiger partial charge is 0.156 e. The van der Waals surface area contributed by atoms with Gasteiger partial charge in [0.2, 0.25) is 0 Å². The van der Waals surface area contributed by atoms with Gasteiger partial charge in [0.25, 0.3) is 0 Å². The molecule has 0 aliphatic heterocycles. The lowest BCUT2D eigenvalue weighted by atomic mass is 10.1. The fourth-order valence-corrected chi connectivity index (χ4v) is 2.04. The highest BCUT2D eigenvalue weighted by atomic mass is 35.5. The minimum atomic E-state index is 0.168. The van der Waals surface area contributed by atoms with E-state index in [0.717, 1.165) is 5.56 Å². The van der Waals surface area contributed by atoms with Gasteiger partial charge in [-0.05, 0) is 29.8 Å². The molecule has 0 radical (unpaired) electrons. The van der Waals surface area contributed by atoms with E-state index in [1.54, 1.807) is 16.6 Å². The van der Waals surface area contributed by atoms with E-state index < -0.39 is 0 Å². The van der Waals surface area contributed by atoms with E-state index in [1.165, 1.54) is 6.20 Å². The van der Waals surface area contributed by atoms with Crippen molar-refractivity contribution in [1.29, 1.82) is 0 Å². The standard InChI is InChI=1S/C13H10ClN3O/c14-10-3-1-2-9(6-10)7-12-15-13-5-4-11(18)8-17(13)16-12/h1-6,8,18H,7H2. The molecule has 0 fully saturated rings. The summed E-state index contributed by atoms with van der Waals surface area (Å²) in [5.74, 6) is 0.865. The second-order valence-electron chi connectivity index (χ2n) is 4.02. The number of nitrogens with zero attached hydrogens (tertiary/aromatic N) is 3. The first-order valence-corrected chi connectivity index (χ1v) is 5.87. The van der Waals surface area contributed by atoms with Crippen LogP contribution in [0.5, 0.6) is 5.75 Å². The van der Waals surface area contributed by atoms with E-state index in [2.05, 4.69) is 10.1 Å². The van der Waals surface area contributed by atoms with Crippen molar-refractivity contribution in [3.05, 3.63) is 59.0 Å². The predicted octanol–water partition coefficient (Wildman–Crippen LogP) is 2.68. The van der Waals surface area contributed by atoms with Crippen LogP contribution in [0.3, 0.4) is 0 Å². The van der Waals surface area contributed by atoms with Crippen LogP contribution in [-0.4, -0.2) is 19.7 Å². The minimum Gasteiger partial charge on any atom is -0.506 e. The normalized spacial score (nSPS) is 10.9. The number of fused-ring (bicyclic) bond motifs is 1. The zero-order valence-electron chi connectivity index (χ0n) is 9.42. The fourth-order valence-electron chi connectivity index (χ4n) is 1.82. The molecule has 3 rings (SSSR count). The summed E-state index contributed by atoms with van der Waals surface area (Å²) in [5.41, 5.74) is 1.77. The van der Waals surface area contributed by atoms with Gasteiger partial charge in [-0.3, -0.25) is 0 Å². The minimum absolute atomic E-state index is 0.168. The first kappa shape index (κ1) is 11.0. The average molecular weight is 260 g/mol. The Hall–Kier alpha value is -2.07. The molecule has 2 aromatic heterocycles. The van der Waals surface area contributed by atoms with Gasteiger partial charge in [-0.2, -0.15) is 5.10 Å². The number of aromatic nitrogens is 3. The summed E-state index contributed by atoms with van der Waals surface area (Å²) in [4.78, 5) is 4.38. The molecule has 90 valence electrons. The van der Waals surface area contributed by atoms with E-state index in [4.69, 9.17) is 11.6 Å². The third-order valence-corrected chi connectivity index (χ3v) is 2.85. The first-order valence-electron chi connectivity index (χ1n) is 5.49. The van der Waals surface area contributed by atoms with Gasteiger partial charge in [0.05, 0.1) is 6.20 Å². The molecule has 1 N–H and O–H groups in total. The average Bonchev–Trinajstić information content (AvgIpc) is 2.70. The van der Waals surface area contributed by atoms with Crippen LogP contribution in [0, 0.1) is 0 Å². The van der Waals surface area contributed by atoms with Gasteiger partial charge in [-0.15, -0.1) is 0 Å². The first-order chi connectivity index (χ1) is 8.70. The van der Waals surface area contributed by atoms with Crippen molar-refractivity contribution in [3.8, 4) is 5.75 Å². The number of aromatic hydroxyl groups is 1. The van der Waals surface area contributed by atoms with Crippen LogP contribution in [0.15, 0.2) is 42.6 Å². The Bertz CT molecular complexity index is 708. The zero-order valence-corrected chi connectivity index (χ0v) is 10.2. The van der Waals surface area contributed by atoms with E-state index in [1.807, 2.05) is 24.3 Å². The van der Waals surface area contributed by atoms with E-state index >= 15 is 0 Å². The molecular formula is C13H10ClN3O. The Morgan fingerprint density at radius 1 is 1.22 bits per heavy atom. The second-order valence-corrected chi connectivity index (χ2v) is 4.46. The number of rotatable bonds is 2. The summed E-state index contributed by atoms with van der Waals surface area (Å²) >= 11 is 5.93. The van der Waals surface area contributed by atoms with Crippen molar-refractivity contribution in [2.45, 2.75) is 6.42 Å². The summed E-state index contributed by atoms with van der Waals surface area (Å²) in [6.45, 7) is 0. The molecule has 0 saturated heterocycles. The molecule has 0 saturated carbocycles. The van der Waals surface area contributed by atoms with E-state index in [-0.39, 0.29) is 5.75 Å². The Morgan fingerprint density at radius 2 is 2.11 bits per heavy atom. The van der Waals surface area contributed by atoms with Crippen molar-refractivity contribution < 1.29 is 5.11 Å². The molecule has 2 heterocycles. The molecule has 0 aliphatic rings. The van der Waals surface area contributed by atoms with Crippen molar-refractivity contribution in [2.24, 2.45) is 0 Å². The lowest BCUT2D eigenvalue weighted by molar-refractivity contribution is 0.470. The lowest BCUT2D eigenvalue weighted by Gasteiger charge is -1.97. The lowest BCUT2D eigenvalue weighted by Crippen LogP contribution is -1.91. The molecule has 3 aromatic rings. The van der Waals surface area contributed by atoms with Gasteiger partial charge < -0.3 is 5.11 Å². The van der Waals surface area contributed by atoms with Gasteiger partial charge in [-0.25, -0.2) is 9.50 Å². The number of halogens is 1. The highest BCUT2D eigenvalue weighted by Crippen LogP contribution is 2.15. The monoisotopic (exact) mass is 259 g/mol. The summed E-state index contributed by atoms with van der Waals surface area (Å²) in [7, 11) is 0. The van der Waals surface area contributed by atoms with E-state index in [0.29, 0.717) is 22.9 Å². The van der Waals surface area contributed by atoms with Crippen LogP contribution in [0.2, 0.25) is 5.02 Å². The van der Waals surface area contributed by atoms with Crippen molar-refractivity contribution in [1.82, 2.24) is 14.6 Å². The number of hydrogen-bond donors (Lipinski definition) is 1. The zero-order chi connectivity index (χ0) is 12.5. The molecule has 18 heavy (non-hydrogen) atoms. The number of hydrogen-bond acceptors (Lipinski definition) is 3. The Labute approximate surface area is 108 Å². The Kier molecular flexibility index (Phi) is 2.64. The van der Waals surface area contributed by atoms with Crippen LogP contribution in [-0.2, 0) is 6.42 Å². The molecule has 0 atom stereocenters. The molecule has 0 amide bonds. The molecule has 5 heteroatoms. The summed E-state index contributed by atoms with van der Waals surface area (Å²) < 4.78 is 1.56. The van der Waals surface area contributed by atoms with Crippen LogP contribution in [0.25, 0.3) is 5.65 Å². The third-order valence-electron chi connectivity index (χ3n) is 2.61. The fraction of sp³-hybridized carbons (Fsp3) is 0.0769.